The number of methoxy groups -OCH3 is 1. The van der Waals surface area contributed by atoms with Gasteiger partial charge in [-0.2, -0.15) is 0 Å². The van der Waals surface area contributed by atoms with E-state index in [1.807, 2.05) is 0 Å². The van der Waals surface area contributed by atoms with Gasteiger partial charge in [-0.1, -0.05) is 0 Å². The highest BCUT2D eigenvalue weighted by atomic mass is 16.5. The van der Waals surface area contributed by atoms with Crippen LogP contribution in [0.5, 0.6) is 0 Å². The zero-order valence-corrected chi connectivity index (χ0v) is 5.22. The van der Waals surface area contributed by atoms with E-state index in [0.29, 0.717) is 12.8 Å². The Bertz CT molecular complexity index is 150. The first-order chi connectivity index (χ1) is 4.25. The number of carbonyl (C=O) groups excluding carboxylic acids is 2. The Balaban J connectivity index is 2.44. The fourth-order valence-corrected chi connectivity index (χ4v) is 0.798. The second-order valence-corrected chi connectivity index (χ2v) is 2.08. The minimum atomic E-state index is -0.435. The van der Waals surface area contributed by atoms with Crippen molar-refractivity contribution in [3.63, 3.8) is 0 Å². The highest BCUT2D eigenvalue weighted by molar-refractivity contribution is 6.03. The molecular formula is C6H8O3. The normalized spacial score (nSPS) is 25.0. The second kappa shape index (κ2) is 2.17. The van der Waals surface area contributed by atoms with Crippen LogP contribution < -0.4 is 0 Å². The van der Waals surface area contributed by atoms with Gasteiger partial charge in [0.2, 0.25) is 0 Å². The van der Waals surface area contributed by atoms with E-state index in [9.17, 15) is 9.59 Å². The molecule has 1 atom stereocenters. The lowest BCUT2D eigenvalue weighted by molar-refractivity contribution is -0.153. The molecule has 1 saturated carbocycles. The van der Waals surface area contributed by atoms with Gasteiger partial charge < -0.3 is 4.74 Å². The SMILES string of the molecule is COC(=O)C1CCC1=O. The Morgan fingerprint density at radius 1 is 1.78 bits per heavy atom. The molecule has 0 aromatic heterocycles. The highest BCUT2D eigenvalue weighted by Crippen LogP contribution is 2.22. The summed E-state index contributed by atoms with van der Waals surface area (Å²) in [5.74, 6) is -0.803. The molecule has 50 valence electrons. The van der Waals surface area contributed by atoms with Crippen LogP contribution >= 0.6 is 0 Å². The first-order valence-electron chi connectivity index (χ1n) is 2.86. The summed E-state index contributed by atoms with van der Waals surface area (Å²) in [5, 5.41) is 0. The summed E-state index contributed by atoms with van der Waals surface area (Å²) < 4.78 is 4.36. The van der Waals surface area contributed by atoms with Crippen LogP contribution in [0.4, 0.5) is 0 Å². The van der Waals surface area contributed by atoms with Crippen LogP contribution in [0.15, 0.2) is 0 Å². The molecule has 0 radical (unpaired) electrons. The summed E-state index contributed by atoms with van der Waals surface area (Å²) in [6.45, 7) is 0. The minimum Gasteiger partial charge on any atom is -0.468 e. The number of hydrogen-bond donors (Lipinski definition) is 0. The van der Waals surface area contributed by atoms with E-state index in [2.05, 4.69) is 4.74 Å². The molecule has 0 heterocycles. The van der Waals surface area contributed by atoms with E-state index in [-0.39, 0.29) is 11.8 Å². The molecule has 1 aliphatic rings. The van der Waals surface area contributed by atoms with Crippen molar-refractivity contribution in [1.29, 1.82) is 0 Å². The summed E-state index contributed by atoms with van der Waals surface area (Å²) in [7, 11) is 1.30. The van der Waals surface area contributed by atoms with Crippen molar-refractivity contribution in [3.8, 4) is 0 Å². The molecule has 1 unspecified atom stereocenters. The van der Waals surface area contributed by atoms with Crippen LogP contribution in [0.3, 0.4) is 0 Å². The Morgan fingerprint density at radius 3 is 2.56 bits per heavy atom. The molecule has 0 N–H and O–H groups in total. The second-order valence-electron chi connectivity index (χ2n) is 2.08. The van der Waals surface area contributed by atoms with Gasteiger partial charge in [0.15, 0.2) is 0 Å². The summed E-state index contributed by atoms with van der Waals surface area (Å²) in [5.41, 5.74) is 0. The number of rotatable bonds is 1. The molecule has 1 fully saturated rings. The van der Waals surface area contributed by atoms with Crippen LogP contribution in [0.2, 0.25) is 0 Å². The predicted molar refractivity (Wildman–Crippen MR) is 29.7 cm³/mol. The van der Waals surface area contributed by atoms with Crippen LogP contribution in [0.1, 0.15) is 12.8 Å². The predicted octanol–water partition coefficient (Wildman–Crippen LogP) is 0.138. The van der Waals surface area contributed by atoms with Crippen LogP contribution in [0, 0.1) is 5.92 Å². The number of carbonyl (C=O) groups is 2. The van der Waals surface area contributed by atoms with Gasteiger partial charge in [-0.3, -0.25) is 9.59 Å². The van der Waals surface area contributed by atoms with E-state index >= 15 is 0 Å². The van der Waals surface area contributed by atoms with Gasteiger partial charge in [-0.15, -0.1) is 0 Å². The molecule has 1 aliphatic carbocycles. The topological polar surface area (TPSA) is 43.4 Å². The molecule has 0 saturated heterocycles. The molecule has 1 rings (SSSR count). The Labute approximate surface area is 53.0 Å². The molecule has 0 amide bonds. The van der Waals surface area contributed by atoms with Crippen molar-refractivity contribution in [2.75, 3.05) is 7.11 Å². The molecule has 3 heteroatoms. The van der Waals surface area contributed by atoms with E-state index in [4.69, 9.17) is 0 Å². The molecule has 0 aromatic carbocycles. The van der Waals surface area contributed by atoms with Crippen molar-refractivity contribution in [3.05, 3.63) is 0 Å². The third-order valence-electron chi connectivity index (χ3n) is 1.55. The van der Waals surface area contributed by atoms with Gasteiger partial charge in [0.25, 0.3) is 0 Å². The van der Waals surface area contributed by atoms with Gasteiger partial charge in [-0.05, 0) is 6.42 Å². The zero-order chi connectivity index (χ0) is 6.85. The van der Waals surface area contributed by atoms with E-state index in [1.165, 1.54) is 7.11 Å². The third kappa shape index (κ3) is 0.943. The highest BCUT2D eigenvalue weighted by Gasteiger charge is 2.35. The molecular weight excluding hydrogens is 120 g/mol. The van der Waals surface area contributed by atoms with Gasteiger partial charge in [0.1, 0.15) is 11.7 Å². The number of Topliss-reactive ketones (excluding diaryl/α,β-unsaturated/α-hetero) is 1. The molecule has 9 heavy (non-hydrogen) atoms. The quantitative estimate of drug-likeness (QED) is 0.372. The lowest BCUT2D eigenvalue weighted by Gasteiger charge is -2.20. The summed E-state index contributed by atoms with van der Waals surface area (Å²) in [6.07, 6.45) is 1.21. The maximum atomic E-state index is 10.6. The molecule has 0 bridgehead atoms. The lowest BCUT2D eigenvalue weighted by Crippen LogP contribution is -2.33. The molecule has 0 aliphatic heterocycles. The molecule has 0 spiro atoms. The van der Waals surface area contributed by atoms with E-state index < -0.39 is 5.92 Å². The van der Waals surface area contributed by atoms with Crippen LogP contribution in [-0.4, -0.2) is 18.9 Å². The number of hydrogen-bond acceptors (Lipinski definition) is 3. The number of ketones is 1. The smallest absolute Gasteiger partial charge is 0.316 e. The van der Waals surface area contributed by atoms with Crippen LogP contribution in [-0.2, 0) is 14.3 Å². The average Bonchev–Trinajstić information content (AvgIpc) is 1.84. The van der Waals surface area contributed by atoms with Crippen molar-refractivity contribution in [1.82, 2.24) is 0 Å². The van der Waals surface area contributed by atoms with Crippen molar-refractivity contribution >= 4 is 11.8 Å². The first kappa shape index (κ1) is 6.26. The zero-order valence-electron chi connectivity index (χ0n) is 5.22. The van der Waals surface area contributed by atoms with Gasteiger partial charge in [-0.25, -0.2) is 0 Å². The van der Waals surface area contributed by atoms with E-state index in [1.54, 1.807) is 0 Å². The number of ether oxygens (including phenoxy) is 1. The van der Waals surface area contributed by atoms with Crippen molar-refractivity contribution < 1.29 is 14.3 Å². The van der Waals surface area contributed by atoms with Crippen molar-refractivity contribution in [2.45, 2.75) is 12.8 Å². The monoisotopic (exact) mass is 128 g/mol. The fourth-order valence-electron chi connectivity index (χ4n) is 0.798. The summed E-state index contributed by atoms with van der Waals surface area (Å²) >= 11 is 0. The Kier molecular flexibility index (Phi) is 1.51. The Morgan fingerprint density at radius 2 is 2.44 bits per heavy atom. The van der Waals surface area contributed by atoms with Gasteiger partial charge >= 0.3 is 5.97 Å². The summed E-state index contributed by atoms with van der Waals surface area (Å²) in [6, 6.07) is 0. The van der Waals surface area contributed by atoms with Crippen LogP contribution in [0.25, 0.3) is 0 Å². The molecule has 0 aromatic rings. The lowest BCUT2D eigenvalue weighted by atomic mass is 9.84. The maximum absolute atomic E-state index is 10.6. The standard InChI is InChI=1S/C6H8O3/c1-9-6(8)4-2-3-5(4)7/h4H,2-3H2,1H3. The largest absolute Gasteiger partial charge is 0.468 e. The first-order valence-corrected chi connectivity index (χ1v) is 2.86. The Hall–Kier alpha value is -0.860. The van der Waals surface area contributed by atoms with E-state index in [0.717, 1.165) is 0 Å². The third-order valence-corrected chi connectivity index (χ3v) is 1.55. The minimum absolute atomic E-state index is 0.0156. The number of esters is 1. The summed E-state index contributed by atoms with van der Waals surface area (Å²) in [4.78, 5) is 21.1. The molecule has 3 nitrogen and oxygen atoms in total. The fraction of sp³-hybridized carbons (Fsp3) is 0.667. The van der Waals surface area contributed by atoms with Crippen molar-refractivity contribution in [2.24, 2.45) is 5.92 Å². The average molecular weight is 128 g/mol. The maximum Gasteiger partial charge on any atom is 0.316 e. The van der Waals surface area contributed by atoms with Gasteiger partial charge in [0, 0.05) is 6.42 Å². The van der Waals surface area contributed by atoms with Gasteiger partial charge in [0.05, 0.1) is 7.11 Å².